The molecule has 184 valence electrons. The van der Waals surface area contributed by atoms with Crippen LogP contribution in [0.3, 0.4) is 0 Å². The molecule has 0 bridgehead atoms. The average Bonchev–Trinajstić information content (AvgIpc) is 3.64. The summed E-state index contributed by atoms with van der Waals surface area (Å²) in [5, 5.41) is 13.4. The zero-order valence-corrected chi connectivity index (χ0v) is 19.1. The van der Waals surface area contributed by atoms with Crippen LogP contribution in [0.15, 0.2) is 24.5 Å². The lowest BCUT2D eigenvalue weighted by Gasteiger charge is -2.35. The number of primary amides is 1. The van der Waals surface area contributed by atoms with Gasteiger partial charge in [0.1, 0.15) is 17.9 Å². The van der Waals surface area contributed by atoms with Gasteiger partial charge in [-0.2, -0.15) is 4.39 Å². The minimum atomic E-state index is -0.675. The first-order valence-corrected chi connectivity index (χ1v) is 11.4. The maximum atomic E-state index is 15.4. The predicted octanol–water partition coefficient (Wildman–Crippen LogP) is 1.51. The van der Waals surface area contributed by atoms with E-state index in [2.05, 4.69) is 15.3 Å². The molecule has 2 heterocycles. The number of methoxy groups -OCH3 is 1. The van der Waals surface area contributed by atoms with E-state index in [1.54, 1.807) is 21.9 Å². The van der Waals surface area contributed by atoms with E-state index < -0.39 is 23.6 Å². The van der Waals surface area contributed by atoms with Crippen LogP contribution in [-0.2, 0) is 11.3 Å². The SMILES string of the molecule is COc1ccc(CN(c2ncnc(NC[C@@H]3CCN(CC(N)=O)C[C@H]3O)c2F)C2CC2)c(F)c1. The van der Waals surface area contributed by atoms with Gasteiger partial charge in [-0.1, -0.05) is 6.07 Å². The van der Waals surface area contributed by atoms with Crippen molar-refractivity contribution in [3.63, 3.8) is 0 Å². The van der Waals surface area contributed by atoms with E-state index in [1.807, 2.05) is 0 Å². The monoisotopic (exact) mass is 476 g/mol. The van der Waals surface area contributed by atoms with Gasteiger partial charge in [-0.15, -0.1) is 0 Å². The number of aliphatic hydroxyl groups excluding tert-OH is 1. The molecule has 34 heavy (non-hydrogen) atoms. The highest BCUT2D eigenvalue weighted by Gasteiger charge is 2.34. The van der Waals surface area contributed by atoms with Crippen LogP contribution in [0.2, 0.25) is 0 Å². The maximum Gasteiger partial charge on any atom is 0.231 e. The van der Waals surface area contributed by atoms with Crippen molar-refractivity contribution in [3.8, 4) is 5.75 Å². The lowest BCUT2D eigenvalue weighted by Crippen LogP contribution is -2.48. The summed E-state index contributed by atoms with van der Waals surface area (Å²) in [6.07, 6.45) is 2.99. The molecule has 4 rings (SSSR count). The van der Waals surface area contributed by atoms with Crippen molar-refractivity contribution >= 4 is 17.5 Å². The second-order valence-corrected chi connectivity index (χ2v) is 8.87. The normalized spacial score (nSPS) is 20.7. The molecular weight excluding hydrogens is 446 g/mol. The van der Waals surface area contributed by atoms with Crippen LogP contribution < -0.4 is 20.7 Å². The minimum absolute atomic E-state index is 0.0395. The highest BCUT2D eigenvalue weighted by Crippen LogP contribution is 2.35. The number of aliphatic hydroxyl groups is 1. The molecule has 0 spiro atoms. The van der Waals surface area contributed by atoms with Crippen LogP contribution in [0, 0.1) is 17.6 Å². The number of nitrogens with two attached hydrogens (primary N) is 1. The molecule has 2 atom stereocenters. The third-order valence-electron chi connectivity index (χ3n) is 6.35. The van der Waals surface area contributed by atoms with Crippen LogP contribution in [0.1, 0.15) is 24.8 Å². The number of ether oxygens (including phenoxy) is 1. The van der Waals surface area contributed by atoms with Gasteiger partial charge < -0.3 is 25.8 Å². The summed E-state index contributed by atoms with van der Waals surface area (Å²) < 4.78 is 35.0. The number of piperidine rings is 1. The van der Waals surface area contributed by atoms with Crippen molar-refractivity contribution in [2.45, 2.75) is 38.0 Å². The summed E-state index contributed by atoms with van der Waals surface area (Å²) in [5.74, 6) is -1.02. The fraction of sp³-hybridized carbons (Fsp3) is 0.522. The fourth-order valence-electron chi connectivity index (χ4n) is 4.29. The van der Waals surface area contributed by atoms with E-state index >= 15 is 4.39 Å². The first-order chi connectivity index (χ1) is 16.4. The molecule has 1 aromatic heterocycles. The largest absolute Gasteiger partial charge is 0.497 e. The molecule has 1 aliphatic heterocycles. The van der Waals surface area contributed by atoms with Crippen LogP contribution in [0.25, 0.3) is 0 Å². The van der Waals surface area contributed by atoms with Crippen LogP contribution in [0.4, 0.5) is 20.4 Å². The second-order valence-electron chi connectivity index (χ2n) is 8.87. The molecule has 1 aromatic carbocycles. The number of nitrogens with one attached hydrogen (secondary N) is 1. The number of β-amino-alcohol motifs (C(OH)–C–C–N with tert-alkyl or cyclic N) is 1. The number of carbonyl (C=O) groups excluding carboxylic acids is 1. The first kappa shape index (κ1) is 24.1. The van der Waals surface area contributed by atoms with Crippen molar-refractivity contribution in [2.24, 2.45) is 11.7 Å². The zero-order chi connectivity index (χ0) is 24.2. The molecule has 1 aliphatic carbocycles. The van der Waals surface area contributed by atoms with Gasteiger partial charge in [0.2, 0.25) is 11.7 Å². The molecule has 0 radical (unpaired) electrons. The molecule has 4 N–H and O–H groups in total. The van der Waals surface area contributed by atoms with Gasteiger partial charge in [0, 0.05) is 43.2 Å². The first-order valence-electron chi connectivity index (χ1n) is 11.4. The number of benzene rings is 1. The smallest absolute Gasteiger partial charge is 0.231 e. The molecule has 1 saturated heterocycles. The predicted molar refractivity (Wildman–Crippen MR) is 122 cm³/mol. The quantitative estimate of drug-likeness (QED) is 0.473. The van der Waals surface area contributed by atoms with E-state index in [9.17, 15) is 14.3 Å². The van der Waals surface area contributed by atoms with Crippen molar-refractivity contribution in [3.05, 3.63) is 41.7 Å². The lowest BCUT2D eigenvalue weighted by atomic mass is 9.93. The number of halogens is 2. The summed E-state index contributed by atoms with van der Waals surface area (Å²) in [5.41, 5.74) is 5.65. The Kier molecular flexibility index (Phi) is 7.42. The van der Waals surface area contributed by atoms with Gasteiger partial charge in [-0.3, -0.25) is 9.69 Å². The Bertz CT molecular complexity index is 1020. The molecule has 1 saturated carbocycles. The van der Waals surface area contributed by atoms with Gasteiger partial charge in [0.25, 0.3) is 0 Å². The van der Waals surface area contributed by atoms with Crippen LogP contribution in [0.5, 0.6) is 5.75 Å². The van der Waals surface area contributed by atoms with E-state index in [1.165, 1.54) is 19.5 Å². The number of aromatic nitrogens is 2. The van der Waals surface area contributed by atoms with Crippen molar-refractivity contribution in [1.82, 2.24) is 14.9 Å². The summed E-state index contributed by atoms with van der Waals surface area (Å²) >= 11 is 0. The molecule has 2 fully saturated rings. The van der Waals surface area contributed by atoms with Gasteiger partial charge in [-0.05, 0) is 31.9 Å². The average molecular weight is 477 g/mol. The molecule has 11 heteroatoms. The Morgan fingerprint density at radius 3 is 2.76 bits per heavy atom. The lowest BCUT2D eigenvalue weighted by molar-refractivity contribution is -0.120. The molecule has 1 amide bonds. The number of likely N-dealkylation sites (tertiary alicyclic amines) is 1. The number of carbonyl (C=O) groups is 1. The number of amides is 1. The third-order valence-corrected chi connectivity index (χ3v) is 6.35. The summed E-state index contributed by atoms with van der Waals surface area (Å²) in [7, 11) is 1.47. The van der Waals surface area contributed by atoms with E-state index in [-0.39, 0.29) is 36.7 Å². The van der Waals surface area contributed by atoms with Crippen molar-refractivity contribution < 1.29 is 23.4 Å². The van der Waals surface area contributed by atoms with Gasteiger partial charge in [0.05, 0.1) is 19.8 Å². The summed E-state index contributed by atoms with van der Waals surface area (Å²) in [4.78, 5) is 22.9. The highest BCUT2D eigenvalue weighted by molar-refractivity contribution is 5.75. The van der Waals surface area contributed by atoms with Crippen LogP contribution >= 0.6 is 0 Å². The molecule has 2 aliphatic rings. The van der Waals surface area contributed by atoms with E-state index in [0.29, 0.717) is 37.4 Å². The Morgan fingerprint density at radius 2 is 2.12 bits per heavy atom. The summed E-state index contributed by atoms with van der Waals surface area (Å²) in [6, 6.07) is 4.69. The van der Waals surface area contributed by atoms with Gasteiger partial charge in [-0.25, -0.2) is 14.4 Å². The number of anilines is 2. The number of rotatable bonds is 10. The Balaban J connectivity index is 1.44. The number of hydrogen-bond acceptors (Lipinski definition) is 8. The maximum absolute atomic E-state index is 15.4. The second kappa shape index (κ2) is 10.5. The van der Waals surface area contributed by atoms with Gasteiger partial charge in [0.15, 0.2) is 11.6 Å². The highest BCUT2D eigenvalue weighted by atomic mass is 19.1. The van der Waals surface area contributed by atoms with Crippen molar-refractivity contribution in [2.75, 3.05) is 43.5 Å². The minimum Gasteiger partial charge on any atom is -0.497 e. The van der Waals surface area contributed by atoms with E-state index in [0.717, 1.165) is 12.8 Å². The molecular formula is C23H30F2N6O3. The van der Waals surface area contributed by atoms with Crippen molar-refractivity contribution in [1.29, 1.82) is 0 Å². The Morgan fingerprint density at radius 1 is 1.32 bits per heavy atom. The fourth-order valence-corrected chi connectivity index (χ4v) is 4.29. The topological polar surface area (TPSA) is 117 Å². The standard InChI is InChI=1S/C23H30F2N6O3/c1-34-17-5-2-15(18(24)8-17)10-31(16-3-4-16)23-21(25)22(28-13-29-23)27-9-14-6-7-30(11-19(14)32)12-20(26)33/h2,5,8,13-14,16,19,32H,3-4,6-7,9-12H2,1H3,(H2,26,33)(H,27,28,29)/t14-,19+/m0/s1. The Hall–Kier alpha value is -3.05. The number of hydrogen-bond donors (Lipinski definition) is 3. The van der Waals surface area contributed by atoms with Crippen LogP contribution in [-0.4, -0.2) is 71.3 Å². The zero-order valence-electron chi connectivity index (χ0n) is 19.1. The molecule has 0 unspecified atom stereocenters. The Labute approximate surface area is 196 Å². The van der Waals surface area contributed by atoms with Gasteiger partial charge >= 0.3 is 0 Å². The summed E-state index contributed by atoms with van der Waals surface area (Å²) in [6.45, 7) is 1.54. The number of nitrogens with zero attached hydrogens (tertiary/aromatic N) is 4. The molecule has 9 nitrogen and oxygen atoms in total. The molecule has 2 aromatic rings. The van der Waals surface area contributed by atoms with E-state index in [4.69, 9.17) is 10.5 Å². The third kappa shape index (κ3) is 5.71.